The highest BCUT2D eigenvalue weighted by Crippen LogP contribution is 2.17. The summed E-state index contributed by atoms with van der Waals surface area (Å²) in [5, 5.41) is 23.9. The zero-order chi connectivity index (χ0) is 50.2. The molecule has 0 aliphatic heterocycles. The molecule has 0 rings (SSSR count). The normalized spacial score (nSPS) is 14.0. The first-order valence-corrected chi connectivity index (χ1v) is 28.6. The highest BCUT2D eigenvalue weighted by atomic mass is 16.5. The number of unbranched alkanes of at least 4 members (excludes halogenated alkanes) is 20. The van der Waals surface area contributed by atoms with Crippen LogP contribution in [0.5, 0.6) is 0 Å². The number of esters is 1. The number of hydrogen-bond donors (Lipinski definition) is 3. The molecule has 0 saturated carbocycles. The maximum atomic E-state index is 13.3. The molecule has 6 heteroatoms. The van der Waals surface area contributed by atoms with Crippen molar-refractivity contribution in [2.45, 2.75) is 270 Å². The van der Waals surface area contributed by atoms with Gasteiger partial charge in [-0.05, 0) is 103 Å². The molecular formula is C63H107NO5. The van der Waals surface area contributed by atoms with E-state index in [-0.39, 0.29) is 24.9 Å². The lowest BCUT2D eigenvalue weighted by atomic mass is 10.0. The first-order chi connectivity index (χ1) is 34.0. The van der Waals surface area contributed by atoms with E-state index in [4.69, 9.17) is 4.74 Å². The van der Waals surface area contributed by atoms with Crippen molar-refractivity contribution in [3.63, 3.8) is 0 Å². The lowest BCUT2D eigenvalue weighted by molar-refractivity contribution is -0.151. The van der Waals surface area contributed by atoms with Crippen molar-refractivity contribution in [1.29, 1.82) is 0 Å². The van der Waals surface area contributed by atoms with E-state index in [2.05, 4.69) is 135 Å². The molecule has 3 atom stereocenters. The van der Waals surface area contributed by atoms with E-state index < -0.39 is 18.2 Å². The molecule has 0 aliphatic carbocycles. The molecule has 0 heterocycles. The van der Waals surface area contributed by atoms with Crippen molar-refractivity contribution in [1.82, 2.24) is 5.32 Å². The summed E-state index contributed by atoms with van der Waals surface area (Å²) in [6.45, 7) is 6.32. The maximum absolute atomic E-state index is 13.3. The van der Waals surface area contributed by atoms with Crippen molar-refractivity contribution in [3.05, 3.63) is 109 Å². The average molecular weight is 959 g/mol. The Hall–Kier alpha value is -3.48. The monoisotopic (exact) mass is 958 g/mol. The molecule has 0 radical (unpaired) electrons. The van der Waals surface area contributed by atoms with Crippen LogP contribution in [0, 0.1) is 0 Å². The first-order valence-electron chi connectivity index (χ1n) is 28.6. The van der Waals surface area contributed by atoms with E-state index in [1.54, 1.807) is 0 Å². The molecule has 3 N–H and O–H groups in total. The van der Waals surface area contributed by atoms with Gasteiger partial charge in [-0.1, -0.05) is 246 Å². The summed E-state index contributed by atoms with van der Waals surface area (Å²) in [5.41, 5.74) is 0. The zero-order valence-corrected chi connectivity index (χ0v) is 44.9. The maximum Gasteiger partial charge on any atom is 0.306 e. The summed E-state index contributed by atoms with van der Waals surface area (Å²) < 4.78 is 5.90. The third-order valence-corrected chi connectivity index (χ3v) is 12.3. The number of aliphatic hydroxyl groups excluding tert-OH is 2. The second kappa shape index (κ2) is 55.4. The molecule has 394 valence electrons. The molecule has 6 nitrogen and oxygen atoms in total. The van der Waals surface area contributed by atoms with E-state index in [0.717, 1.165) is 89.9 Å². The van der Waals surface area contributed by atoms with Gasteiger partial charge in [-0.2, -0.15) is 0 Å². The summed E-state index contributed by atoms with van der Waals surface area (Å²) >= 11 is 0. The molecule has 1 amide bonds. The van der Waals surface area contributed by atoms with Crippen LogP contribution in [0.1, 0.15) is 252 Å². The molecule has 0 bridgehead atoms. The quantitative estimate of drug-likeness (QED) is 0.0321. The first kappa shape index (κ1) is 65.5. The number of amides is 1. The van der Waals surface area contributed by atoms with Crippen molar-refractivity contribution in [2.75, 3.05) is 6.61 Å². The van der Waals surface area contributed by atoms with E-state index in [9.17, 15) is 19.8 Å². The van der Waals surface area contributed by atoms with Gasteiger partial charge in [-0.3, -0.25) is 9.59 Å². The summed E-state index contributed by atoms with van der Waals surface area (Å²) in [6.07, 6.45) is 75.8. The molecule has 69 heavy (non-hydrogen) atoms. The fraction of sp³-hybridized carbons (Fsp3) is 0.683. The van der Waals surface area contributed by atoms with Crippen LogP contribution in [-0.2, 0) is 14.3 Å². The molecular weight excluding hydrogens is 851 g/mol. The van der Waals surface area contributed by atoms with Crippen LogP contribution in [0.3, 0.4) is 0 Å². The number of carbonyl (C=O) groups excluding carboxylic acids is 2. The van der Waals surface area contributed by atoms with Gasteiger partial charge in [0.05, 0.1) is 25.2 Å². The Labute approximate surface area is 426 Å². The Bertz CT molecular complexity index is 1400. The van der Waals surface area contributed by atoms with Gasteiger partial charge in [0.25, 0.3) is 0 Å². The second-order valence-corrected chi connectivity index (χ2v) is 19.0. The Morgan fingerprint density at radius 2 is 0.797 bits per heavy atom. The number of allylic oxidation sites excluding steroid dienone is 18. The Morgan fingerprint density at radius 1 is 0.435 bits per heavy atom. The topological polar surface area (TPSA) is 95.9 Å². The van der Waals surface area contributed by atoms with Crippen molar-refractivity contribution in [2.24, 2.45) is 0 Å². The predicted octanol–water partition coefficient (Wildman–Crippen LogP) is 17.8. The van der Waals surface area contributed by atoms with Crippen LogP contribution in [0.2, 0.25) is 0 Å². The number of rotatable bonds is 50. The Balaban J connectivity index is 4.76. The summed E-state index contributed by atoms with van der Waals surface area (Å²) in [7, 11) is 0. The third-order valence-electron chi connectivity index (χ3n) is 12.3. The van der Waals surface area contributed by atoms with Crippen LogP contribution in [0.4, 0.5) is 0 Å². The molecule has 0 aromatic heterocycles. The van der Waals surface area contributed by atoms with E-state index in [1.165, 1.54) is 109 Å². The Morgan fingerprint density at radius 3 is 1.22 bits per heavy atom. The summed E-state index contributed by atoms with van der Waals surface area (Å²) in [6, 6.07) is -0.739. The minimum Gasteiger partial charge on any atom is -0.462 e. The van der Waals surface area contributed by atoms with Crippen LogP contribution in [-0.4, -0.2) is 46.9 Å². The molecule has 0 spiro atoms. The molecule has 0 aromatic carbocycles. The van der Waals surface area contributed by atoms with Crippen LogP contribution in [0.25, 0.3) is 0 Å². The Kier molecular flexibility index (Phi) is 52.7. The van der Waals surface area contributed by atoms with E-state index in [1.807, 2.05) is 0 Å². The molecule has 0 saturated heterocycles. The van der Waals surface area contributed by atoms with Crippen molar-refractivity contribution in [3.8, 4) is 0 Å². The van der Waals surface area contributed by atoms with Crippen LogP contribution < -0.4 is 5.32 Å². The minimum atomic E-state index is -0.820. The molecule has 0 fully saturated rings. The van der Waals surface area contributed by atoms with Gasteiger partial charge in [0.2, 0.25) is 5.91 Å². The lowest BCUT2D eigenvalue weighted by Gasteiger charge is -2.24. The molecule has 0 aliphatic rings. The fourth-order valence-corrected chi connectivity index (χ4v) is 8.04. The number of hydrogen-bond acceptors (Lipinski definition) is 5. The van der Waals surface area contributed by atoms with Gasteiger partial charge in [0, 0.05) is 6.42 Å². The van der Waals surface area contributed by atoms with Gasteiger partial charge in [0.15, 0.2) is 0 Å². The zero-order valence-electron chi connectivity index (χ0n) is 44.9. The summed E-state index contributed by atoms with van der Waals surface area (Å²) in [5.74, 6) is -0.602. The average Bonchev–Trinajstić information content (AvgIpc) is 3.34. The number of carbonyl (C=O) groups is 2. The fourth-order valence-electron chi connectivity index (χ4n) is 8.04. The molecule has 0 aromatic rings. The second-order valence-electron chi connectivity index (χ2n) is 19.0. The number of aliphatic hydroxyl groups is 2. The van der Waals surface area contributed by atoms with Crippen LogP contribution >= 0.6 is 0 Å². The van der Waals surface area contributed by atoms with Crippen molar-refractivity contribution >= 4 is 11.9 Å². The standard InChI is InChI=1S/C63H107NO5/c1-4-7-10-13-16-19-22-25-28-31-33-36-39-42-45-48-51-54-59(69-63(68)56-53-50-47-44-41-38-35-32-29-26-23-20-17-14-11-8-5-2)57-62(67)64-60(58-65)61(66)55-52-49-46-43-40-37-34-30-27-24-21-18-15-12-9-6-3/h7,10,16-17,19-20,25-26,28-29,33,35-36,38,42,44-45,47,59-61,65-66H,4-6,8-9,11-15,18,21-24,27,30-32,34,37,39-41,43,46,48-58H2,1-3H3,(H,64,67)/b10-7-,19-16-,20-17-,28-25-,29-26-,36-33-,38-35-,45-42-,47-44-. The van der Waals surface area contributed by atoms with Gasteiger partial charge < -0.3 is 20.3 Å². The highest BCUT2D eigenvalue weighted by Gasteiger charge is 2.24. The smallest absolute Gasteiger partial charge is 0.306 e. The SMILES string of the molecule is CC/C=C\C/C=C\C/C=C\C/C=C\C/C=C\CCCC(CC(=O)NC(CO)C(O)CCCCCCCCCCCCCCCCCC)OC(=O)CCC/C=C\C/C=C\C/C=C\C/C=C\CCCCC. The highest BCUT2D eigenvalue weighted by molar-refractivity contribution is 5.77. The van der Waals surface area contributed by atoms with Gasteiger partial charge >= 0.3 is 5.97 Å². The minimum absolute atomic E-state index is 0.0108. The number of ether oxygens (including phenoxy) is 1. The van der Waals surface area contributed by atoms with Gasteiger partial charge in [0.1, 0.15) is 6.10 Å². The lowest BCUT2D eigenvalue weighted by Crippen LogP contribution is -2.46. The third kappa shape index (κ3) is 50.7. The molecule has 3 unspecified atom stereocenters. The summed E-state index contributed by atoms with van der Waals surface area (Å²) in [4.78, 5) is 26.2. The number of nitrogens with one attached hydrogen (secondary N) is 1. The largest absolute Gasteiger partial charge is 0.462 e. The van der Waals surface area contributed by atoms with E-state index in [0.29, 0.717) is 25.7 Å². The van der Waals surface area contributed by atoms with Gasteiger partial charge in [-0.25, -0.2) is 0 Å². The van der Waals surface area contributed by atoms with Crippen LogP contribution in [0.15, 0.2) is 109 Å². The van der Waals surface area contributed by atoms with Gasteiger partial charge in [-0.15, -0.1) is 0 Å². The predicted molar refractivity (Wildman–Crippen MR) is 300 cm³/mol. The van der Waals surface area contributed by atoms with Crippen molar-refractivity contribution < 1.29 is 24.5 Å². The van der Waals surface area contributed by atoms with E-state index >= 15 is 0 Å².